The fraction of sp³-hybridized carbons (Fsp3) is 0.786. The van der Waals surface area contributed by atoms with Gasteiger partial charge in [-0.3, -0.25) is 0 Å². The third kappa shape index (κ3) is 3.82. The predicted molar refractivity (Wildman–Crippen MR) is 72.3 cm³/mol. The van der Waals surface area contributed by atoms with E-state index >= 15 is 0 Å². The van der Waals surface area contributed by atoms with Crippen LogP contribution >= 0.6 is 0 Å². The fourth-order valence-corrected chi connectivity index (χ4v) is 2.75. The SMILES string of the molecule is CCCN1CCC(C(C)NCc2ccno2)CC1. The molecule has 0 radical (unpaired) electrons. The van der Waals surface area contributed by atoms with Crippen molar-refractivity contribution in [1.29, 1.82) is 0 Å². The fourth-order valence-electron chi connectivity index (χ4n) is 2.75. The van der Waals surface area contributed by atoms with Gasteiger partial charge in [-0.1, -0.05) is 12.1 Å². The van der Waals surface area contributed by atoms with Crippen molar-refractivity contribution in [3.63, 3.8) is 0 Å². The van der Waals surface area contributed by atoms with E-state index in [1.54, 1.807) is 6.20 Å². The molecule has 1 aromatic heterocycles. The minimum atomic E-state index is 0.555. The molecule has 0 bridgehead atoms. The maximum absolute atomic E-state index is 5.10. The Hall–Kier alpha value is -0.870. The Morgan fingerprint density at radius 3 is 2.89 bits per heavy atom. The van der Waals surface area contributed by atoms with Gasteiger partial charge in [0.1, 0.15) is 5.76 Å². The van der Waals surface area contributed by atoms with E-state index in [0.29, 0.717) is 6.04 Å². The minimum absolute atomic E-state index is 0.555. The van der Waals surface area contributed by atoms with E-state index in [4.69, 9.17) is 4.52 Å². The van der Waals surface area contributed by atoms with Crippen LogP contribution < -0.4 is 5.32 Å². The van der Waals surface area contributed by atoms with Crippen molar-refractivity contribution in [1.82, 2.24) is 15.4 Å². The lowest BCUT2D eigenvalue weighted by atomic mass is 9.90. The highest BCUT2D eigenvalue weighted by Gasteiger charge is 2.23. The number of hydrogen-bond donors (Lipinski definition) is 1. The van der Waals surface area contributed by atoms with Gasteiger partial charge in [0, 0.05) is 12.1 Å². The van der Waals surface area contributed by atoms with Gasteiger partial charge >= 0.3 is 0 Å². The summed E-state index contributed by atoms with van der Waals surface area (Å²) in [5, 5.41) is 7.27. The van der Waals surface area contributed by atoms with Crippen LogP contribution in [0.1, 0.15) is 38.9 Å². The van der Waals surface area contributed by atoms with Gasteiger partial charge in [-0.05, 0) is 51.7 Å². The molecule has 0 spiro atoms. The Kier molecular flexibility index (Phi) is 5.20. The molecule has 1 atom stereocenters. The topological polar surface area (TPSA) is 41.3 Å². The monoisotopic (exact) mass is 251 g/mol. The number of likely N-dealkylation sites (tertiary alicyclic amines) is 1. The second-order valence-corrected chi connectivity index (χ2v) is 5.33. The summed E-state index contributed by atoms with van der Waals surface area (Å²) in [6.07, 6.45) is 5.59. The predicted octanol–water partition coefficient (Wildman–Crippen LogP) is 2.27. The van der Waals surface area contributed by atoms with Gasteiger partial charge in [-0.2, -0.15) is 0 Å². The summed E-state index contributed by atoms with van der Waals surface area (Å²) in [5.41, 5.74) is 0. The molecule has 0 aliphatic carbocycles. The summed E-state index contributed by atoms with van der Waals surface area (Å²) in [6.45, 7) is 9.10. The second-order valence-electron chi connectivity index (χ2n) is 5.33. The summed E-state index contributed by atoms with van der Waals surface area (Å²) in [4.78, 5) is 2.58. The zero-order chi connectivity index (χ0) is 12.8. The van der Waals surface area contributed by atoms with Gasteiger partial charge in [0.15, 0.2) is 0 Å². The highest BCUT2D eigenvalue weighted by atomic mass is 16.5. The van der Waals surface area contributed by atoms with E-state index in [9.17, 15) is 0 Å². The number of hydrogen-bond acceptors (Lipinski definition) is 4. The quantitative estimate of drug-likeness (QED) is 0.842. The van der Waals surface area contributed by atoms with Crippen molar-refractivity contribution in [2.75, 3.05) is 19.6 Å². The van der Waals surface area contributed by atoms with Gasteiger partial charge in [0.05, 0.1) is 12.7 Å². The molecule has 1 aliphatic rings. The molecule has 1 fully saturated rings. The highest BCUT2D eigenvalue weighted by molar-refractivity contribution is 4.93. The normalized spacial score (nSPS) is 20.1. The first-order valence-electron chi connectivity index (χ1n) is 7.15. The van der Waals surface area contributed by atoms with Crippen molar-refractivity contribution < 1.29 is 4.52 Å². The Morgan fingerprint density at radius 1 is 1.50 bits per heavy atom. The van der Waals surface area contributed by atoms with E-state index < -0.39 is 0 Å². The average Bonchev–Trinajstić information content (AvgIpc) is 2.90. The Morgan fingerprint density at radius 2 is 2.28 bits per heavy atom. The largest absolute Gasteiger partial charge is 0.360 e. The van der Waals surface area contributed by atoms with Crippen LogP contribution in [0.15, 0.2) is 16.8 Å². The molecule has 1 aliphatic heterocycles. The molecule has 1 aromatic rings. The Labute approximate surface area is 110 Å². The Bertz CT molecular complexity index is 318. The third-order valence-corrected chi connectivity index (χ3v) is 3.97. The van der Waals surface area contributed by atoms with Crippen LogP contribution in [0.3, 0.4) is 0 Å². The molecule has 0 aromatic carbocycles. The number of nitrogens with zero attached hydrogens (tertiary/aromatic N) is 2. The third-order valence-electron chi connectivity index (χ3n) is 3.97. The van der Waals surface area contributed by atoms with Gasteiger partial charge in [0.2, 0.25) is 0 Å². The maximum Gasteiger partial charge on any atom is 0.150 e. The van der Waals surface area contributed by atoms with Gasteiger partial charge in [0.25, 0.3) is 0 Å². The standard InChI is InChI=1S/C14H25N3O/c1-3-8-17-9-5-13(6-10-17)12(2)15-11-14-4-7-16-18-14/h4,7,12-13,15H,3,5-6,8-11H2,1-2H3. The van der Waals surface area contributed by atoms with Crippen LogP contribution in [-0.4, -0.2) is 35.7 Å². The van der Waals surface area contributed by atoms with E-state index in [0.717, 1.165) is 18.2 Å². The van der Waals surface area contributed by atoms with Gasteiger partial charge in [-0.15, -0.1) is 0 Å². The molecule has 4 nitrogen and oxygen atoms in total. The van der Waals surface area contributed by atoms with Crippen LogP contribution in [0.25, 0.3) is 0 Å². The number of aromatic nitrogens is 1. The van der Waals surface area contributed by atoms with Crippen LogP contribution in [-0.2, 0) is 6.54 Å². The number of piperidine rings is 1. The minimum Gasteiger partial charge on any atom is -0.360 e. The first-order valence-corrected chi connectivity index (χ1v) is 7.15. The molecule has 2 rings (SSSR count). The van der Waals surface area contributed by atoms with Crippen molar-refractivity contribution in [2.24, 2.45) is 5.92 Å². The highest BCUT2D eigenvalue weighted by Crippen LogP contribution is 2.20. The van der Waals surface area contributed by atoms with Crippen LogP contribution in [0.5, 0.6) is 0 Å². The zero-order valence-corrected chi connectivity index (χ0v) is 11.6. The van der Waals surface area contributed by atoms with E-state index in [1.807, 2.05) is 6.07 Å². The summed E-state index contributed by atoms with van der Waals surface area (Å²) >= 11 is 0. The molecule has 0 amide bonds. The molecule has 18 heavy (non-hydrogen) atoms. The second kappa shape index (κ2) is 6.90. The lowest BCUT2D eigenvalue weighted by Gasteiger charge is -2.35. The summed E-state index contributed by atoms with van der Waals surface area (Å²) in [6, 6.07) is 2.47. The molecular formula is C14H25N3O. The van der Waals surface area contributed by atoms with Gasteiger partial charge < -0.3 is 14.7 Å². The van der Waals surface area contributed by atoms with Crippen LogP contribution in [0.4, 0.5) is 0 Å². The molecule has 1 saturated heterocycles. The molecule has 2 heterocycles. The molecule has 102 valence electrons. The van der Waals surface area contributed by atoms with E-state index in [-0.39, 0.29) is 0 Å². The average molecular weight is 251 g/mol. The smallest absolute Gasteiger partial charge is 0.150 e. The Balaban J connectivity index is 1.69. The van der Waals surface area contributed by atoms with Crippen LogP contribution in [0, 0.1) is 5.92 Å². The summed E-state index contributed by atoms with van der Waals surface area (Å²) in [7, 11) is 0. The van der Waals surface area contributed by atoms with Crippen molar-refractivity contribution in [3.05, 3.63) is 18.0 Å². The number of nitrogens with one attached hydrogen (secondary N) is 1. The summed E-state index contributed by atoms with van der Waals surface area (Å²) in [5.74, 6) is 1.71. The molecule has 1 N–H and O–H groups in total. The molecular weight excluding hydrogens is 226 g/mol. The van der Waals surface area contributed by atoms with Crippen molar-refractivity contribution in [3.8, 4) is 0 Å². The first-order chi connectivity index (χ1) is 8.79. The van der Waals surface area contributed by atoms with Gasteiger partial charge in [-0.25, -0.2) is 0 Å². The van der Waals surface area contributed by atoms with Crippen molar-refractivity contribution in [2.45, 2.75) is 45.7 Å². The molecule has 4 heteroatoms. The van der Waals surface area contributed by atoms with Crippen LogP contribution in [0.2, 0.25) is 0 Å². The van der Waals surface area contributed by atoms with E-state index in [2.05, 4.69) is 29.2 Å². The number of rotatable bonds is 6. The maximum atomic E-state index is 5.10. The summed E-state index contributed by atoms with van der Waals surface area (Å²) < 4.78 is 5.10. The lowest BCUT2D eigenvalue weighted by Crippen LogP contribution is -2.41. The first kappa shape index (κ1) is 13.6. The van der Waals surface area contributed by atoms with Crippen molar-refractivity contribution >= 4 is 0 Å². The lowest BCUT2D eigenvalue weighted by molar-refractivity contribution is 0.161. The molecule has 0 saturated carbocycles. The molecule has 1 unspecified atom stereocenters. The zero-order valence-electron chi connectivity index (χ0n) is 11.6. The van der Waals surface area contributed by atoms with E-state index in [1.165, 1.54) is 38.9 Å².